The van der Waals surface area contributed by atoms with Gasteiger partial charge in [0.2, 0.25) is 5.88 Å². The van der Waals surface area contributed by atoms with Crippen molar-refractivity contribution in [3.05, 3.63) is 40.4 Å². The van der Waals surface area contributed by atoms with Crippen molar-refractivity contribution in [2.45, 2.75) is 6.61 Å². The molecule has 2 amide bonds. The molecule has 1 aromatic carbocycles. The van der Waals surface area contributed by atoms with E-state index in [0.717, 1.165) is 17.1 Å². The van der Waals surface area contributed by atoms with Crippen LogP contribution in [-0.2, 0) is 6.61 Å². The van der Waals surface area contributed by atoms with E-state index >= 15 is 0 Å². The lowest BCUT2D eigenvalue weighted by Crippen LogP contribution is -2.27. The van der Waals surface area contributed by atoms with E-state index in [9.17, 15) is 14.7 Å². The highest BCUT2D eigenvalue weighted by molar-refractivity contribution is 7.11. The predicted molar refractivity (Wildman–Crippen MR) is 87.6 cm³/mol. The Hall–Kier alpha value is -2.32. The zero-order valence-corrected chi connectivity index (χ0v) is 13.9. The molecule has 0 atom stereocenters. The molecule has 0 bridgehead atoms. The minimum absolute atomic E-state index is 0.0449. The summed E-state index contributed by atoms with van der Waals surface area (Å²) in [6.07, 6.45) is 0. The van der Waals surface area contributed by atoms with Crippen molar-refractivity contribution >= 4 is 40.1 Å². The summed E-state index contributed by atoms with van der Waals surface area (Å²) in [5, 5.41) is 12.5. The summed E-state index contributed by atoms with van der Waals surface area (Å²) < 4.78 is 9.42. The Labute approximate surface area is 141 Å². The summed E-state index contributed by atoms with van der Waals surface area (Å²) in [5.41, 5.74) is 0.605. The Bertz CT molecular complexity index is 733. The van der Waals surface area contributed by atoms with E-state index < -0.39 is 12.0 Å². The highest BCUT2D eigenvalue weighted by Crippen LogP contribution is 2.31. The lowest BCUT2D eigenvalue weighted by atomic mass is 10.2. The van der Waals surface area contributed by atoms with E-state index in [-0.39, 0.29) is 23.1 Å². The van der Waals surface area contributed by atoms with Crippen LogP contribution in [0.2, 0.25) is 5.02 Å². The maximum Gasteiger partial charge on any atom is 0.344 e. The second-order valence-corrected chi connectivity index (χ2v) is 5.95. The summed E-state index contributed by atoms with van der Waals surface area (Å²) in [5.74, 6) is -1.27. The van der Waals surface area contributed by atoms with Crippen LogP contribution in [0.3, 0.4) is 0 Å². The van der Waals surface area contributed by atoms with Crippen molar-refractivity contribution in [3.63, 3.8) is 0 Å². The first kappa shape index (κ1) is 17.0. The van der Waals surface area contributed by atoms with Gasteiger partial charge in [0, 0.05) is 19.1 Å². The van der Waals surface area contributed by atoms with Crippen molar-refractivity contribution in [2.24, 2.45) is 0 Å². The van der Waals surface area contributed by atoms with Gasteiger partial charge in [0.1, 0.15) is 11.6 Å². The standard InChI is InChI=1S/C14H14ClN3O4S/c1-18(2)14(21)16-12-10(13(19)20)11(17-23-12)22-7-8-4-3-5-9(15)6-8/h3-6H,7H2,1-2H3,(H,16,21)(H,19,20). The summed E-state index contributed by atoms with van der Waals surface area (Å²) >= 11 is 6.73. The number of anilines is 1. The fourth-order valence-electron chi connectivity index (χ4n) is 1.64. The Kier molecular flexibility index (Phi) is 5.41. The van der Waals surface area contributed by atoms with Gasteiger partial charge in [-0.2, -0.15) is 4.37 Å². The molecule has 1 aromatic heterocycles. The van der Waals surface area contributed by atoms with E-state index in [0.29, 0.717) is 5.02 Å². The van der Waals surface area contributed by atoms with Gasteiger partial charge < -0.3 is 14.7 Å². The van der Waals surface area contributed by atoms with E-state index in [1.165, 1.54) is 4.90 Å². The third kappa shape index (κ3) is 4.33. The number of carbonyl (C=O) groups is 2. The molecule has 0 saturated carbocycles. The van der Waals surface area contributed by atoms with E-state index in [1.54, 1.807) is 38.4 Å². The van der Waals surface area contributed by atoms with Crippen molar-refractivity contribution in [2.75, 3.05) is 19.4 Å². The number of carbonyl (C=O) groups excluding carboxylic acids is 1. The molecule has 2 rings (SSSR count). The van der Waals surface area contributed by atoms with Gasteiger partial charge in [0.15, 0.2) is 5.56 Å². The number of carboxylic acid groups (broad SMARTS) is 1. The van der Waals surface area contributed by atoms with Gasteiger partial charge in [-0.1, -0.05) is 23.7 Å². The van der Waals surface area contributed by atoms with Gasteiger partial charge in [-0.05, 0) is 29.2 Å². The summed E-state index contributed by atoms with van der Waals surface area (Å²) in [6, 6.07) is 6.56. The van der Waals surface area contributed by atoms with Crippen LogP contribution in [0.25, 0.3) is 0 Å². The molecular weight excluding hydrogens is 342 g/mol. The van der Waals surface area contributed by atoms with Gasteiger partial charge in [0.05, 0.1) is 0 Å². The SMILES string of the molecule is CN(C)C(=O)Nc1snc(OCc2cccc(Cl)c2)c1C(=O)O. The molecule has 0 unspecified atom stereocenters. The van der Waals surface area contributed by atoms with E-state index in [2.05, 4.69) is 9.69 Å². The Morgan fingerprint density at radius 1 is 1.43 bits per heavy atom. The average molecular weight is 356 g/mol. The van der Waals surface area contributed by atoms with Gasteiger partial charge in [0.25, 0.3) is 0 Å². The van der Waals surface area contributed by atoms with Crippen molar-refractivity contribution < 1.29 is 19.4 Å². The molecule has 0 aliphatic carbocycles. The van der Waals surface area contributed by atoms with Gasteiger partial charge in [-0.15, -0.1) is 0 Å². The van der Waals surface area contributed by atoms with Crippen LogP contribution in [0, 0.1) is 0 Å². The van der Waals surface area contributed by atoms with Gasteiger partial charge >= 0.3 is 12.0 Å². The van der Waals surface area contributed by atoms with Crippen molar-refractivity contribution in [1.82, 2.24) is 9.27 Å². The van der Waals surface area contributed by atoms with E-state index in [1.807, 2.05) is 0 Å². The molecule has 0 aliphatic rings. The number of amides is 2. The zero-order chi connectivity index (χ0) is 17.0. The quantitative estimate of drug-likeness (QED) is 0.859. The first-order valence-electron chi connectivity index (χ1n) is 6.47. The van der Waals surface area contributed by atoms with Crippen LogP contribution in [0.4, 0.5) is 9.80 Å². The molecule has 23 heavy (non-hydrogen) atoms. The molecular formula is C14H14ClN3O4S. The highest BCUT2D eigenvalue weighted by Gasteiger charge is 2.23. The first-order valence-corrected chi connectivity index (χ1v) is 7.62. The van der Waals surface area contributed by atoms with Crippen LogP contribution in [0.5, 0.6) is 5.88 Å². The fraction of sp³-hybridized carbons (Fsp3) is 0.214. The zero-order valence-electron chi connectivity index (χ0n) is 12.4. The number of aromatic carboxylic acids is 1. The van der Waals surface area contributed by atoms with Crippen LogP contribution < -0.4 is 10.1 Å². The molecule has 1 heterocycles. The van der Waals surface area contributed by atoms with Crippen molar-refractivity contribution in [1.29, 1.82) is 0 Å². The first-order chi connectivity index (χ1) is 10.9. The average Bonchev–Trinajstić information content (AvgIpc) is 2.88. The Balaban J connectivity index is 2.17. The molecule has 7 nitrogen and oxygen atoms in total. The summed E-state index contributed by atoms with van der Waals surface area (Å²) in [7, 11) is 3.10. The van der Waals surface area contributed by atoms with Crippen molar-refractivity contribution in [3.8, 4) is 5.88 Å². The normalized spacial score (nSPS) is 10.2. The number of aromatic nitrogens is 1. The van der Waals surface area contributed by atoms with E-state index in [4.69, 9.17) is 16.3 Å². The summed E-state index contributed by atoms with van der Waals surface area (Å²) in [6.45, 7) is 0.117. The number of urea groups is 1. The van der Waals surface area contributed by atoms with Crippen LogP contribution in [0.15, 0.2) is 24.3 Å². The monoisotopic (exact) mass is 355 g/mol. The topological polar surface area (TPSA) is 91.8 Å². The molecule has 2 N–H and O–H groups in total. The molecule has 0 aliphatic heterocycles. The Morgan fingerprint density at radius 3 is 2.78 bits per heavy atom. The molecule has 0 spiro atoms. The molecule has 122 valence electrons. The molecule has 0 radical (unpaired) electrons. The number of rotatable bonds is 5. The third-order valence-electron chi connectivity index (χ3n) is 2.77. The molecule has 2 aromatic rings. The lowest BCUT2D eigenvalue weighted by Gasteiger charge is -2.11. The maximum absolute atomic E-state index is 11.7. The number of nitrogens with one attached hydrogen (secondary N) is 1. The molecule has 0 fully saturated rings. The van der Waals surface area contributed by atoms with Gasteiger partial charge in [-0.25, -0.2) is 9.59 Å². The largest absolute Gasteiger partial charge is 0.477 e. The predicted octanol–water partition coefficient (Wildman–Crippen LogP) is 3.17. The third-order valence-corrected chi connectivity index (χ3v) is 3.75. The number of benzene rings is 1. The minimum atomic E-state index is -1.23. The number of hydrogen-bond acceptors (Lipinski definition) is 5. The maximum atomic E-state index is 11.7. The number of hydrogen-bond donors (Lipinski definition) is 2. The minimum Gasteiger partial charge on any atom is -0.477 e. The highest BCUT2D eigenvalue weighted by atomic mass is 35.5. The van der Waals surface area contributed by atoms with Crippen LogP contribution in [0.1, 0.15) is 15.9 Å². The molecule has 9 heteroatoms. The lowest BCUT2D eigenvalue weighted by molar-refractivity contribution is 0.0693. The fourth-order valence-corrected chi connectivity index (χ4v) is 2.57. The number of carboxylic acids is 1. The van der Waals surface area contributed by atoms with Gasteiger partial charge in [-0.3, -0.25) is 5.32 Å². The number of halogens is 1. The summed E-state index contributed by atoms with van der Waals surface area (Å²) in [4.78, 5) is 24.4. The van der Waals surface area contributed by atoms with Crippen LogP contribution >= 0.6 is 23.1 Å². The second-order valence-electron chi connectivity index (χ2n) is 4.74. The van der Waals surface area contributed by atoms with Crippen LogP contribution in [-0.4, -0.2) is 40.5 Å². The Morgan fingerprint density at radius 2 is 2.17 bits per heavy atom. The number of nitrogens with zero attached hydrogens (tertiary/aromatic N) is 2. The number of ether oxygens (including phenoxy) is 1. The smallest absolute Gasteiger partial charge is 0.344 e. The second kappa shape index (κ2) is 7.30. The molecule has 0 saturated heterocycles.